The van der Waals surface area contributed by atoms with Crippen molar-refractivity contribution < 1.29 is 18.7 Å². The Kier molecular flexibility index (Phi) is 6.18. The highest BCUT2D eigenvalue weighted by atomic mass is 79.9. The lowest BCUT2D eigenvalue weighted by Crippen LogP contribution is -2.19. The van der Waals surface area contributed by atoms with Crippen molar-refractivity contribution >= 4 is 50.5 Å². The number of carbonyl (C=O) groups excluding carboxylic acids is 1. The number of thioether (sulfide) groups is 1. The summed E-state index contributed by atoms with van der Waals surface area (Å²) in [6.45, 7) is 2.38. The Morgan fingerprint density at radius 1 is 1.26 bits per heavy atom. The van der Waals surface area contributed by atoms with Gasteiger partial charge in [0.05, 0.1) is 24.3 Å². The number of ether oxygens (including phenoxy) is 2. The monoisotopic (exact) mass is 450 g/mol. The molecule has 1 N–H and O–H groups in total. The predicted molar refractivity (Wildman–Crippen MR) is 109 cm³/mol. The molecule has 1 saturated heterocycles. The highest BCUT2D eigenvalue weighted by molar-refractivity contribution is 9.10. The lowest BCUT2D eigenvalue weighted by molar-refractivity contribution is -0.115. The summed E-state index contributed by atoms with van der Waals surface area (Å²) in [6.07, 6.45) is 1.75. The molecule has 0 aromatic heterocycles. The van der Waals surface area contributed by atoms with Crippen LogP contribution in [0.2, 0.25) is 0 Å². The SMILES string of the molecule is CCOc1cc(/C=C2/SC(=Nc3ccc(F)cc3)NC2=O)c(Br)cc1OC. The van der Waals surface area contributed by atoms with Crippen LogP contribution in [-0.4, -0.2) is 24.8 Å². The summed E-state index contributed by atoms with van der Waals surface area (Å²) in [5, 5.41) is 3.15. The number of aliphatic imine (C=N–C) groups is 1. The van der Waals surface area contributed by atoms with Gasteiger partial charge < -0.3 is 14.8 Å². The van der Waals surface area contributed by atoms with E-state index in [0.717, 1.165) is 10.0 Å². The third kappa shape index (κ3) is 4.70. The lowest BCUT2D eigenvalue weighted by Gasteiger charge is -2.11. The van der Waals surface area contributed by atoms with E-state index < -0.39 is 0 Å². The zero-order valence-corrected chi connectivity index (χ0v) is 17.0. The minimum absolute atomic E-state index is 0.249. The maximum atomic E-state index is 13.0. The third-order valence-electron chi connectivity index (χ3n) is 3.58. The Morgan fingerprint density at radius 2 is 2.00 bits per heavy atom. The second-order valence-corrected chi connectivity index (χ2v) is 7.30. The molecule has 0 radical (unpaired) electrons. The number of hydrogen-bond acceptors (Lipinski definition) is 5. The summed E-state index contributed by atoms with van der Waals surface area (Å²) in [4.78, 5) is 17.1. The Balaban J connectivity index is 1.88. The van der Waals surface area contributed by atoms with Crippen molar-refractivity contribution in [3.8, 4) is 11.5 Å². The van der Waals surface area contributed by atoms with Gasteiger partial charge in [0.15, 0.2) is 16.7 Å². The summed E-state index contributed by atoms with van der Waals surface area (Å²) in [5.41, 5.74) is 1.34. The van der Waals surface area contributed by atoms with Crippen molar-refractivity contribution in [1.82, 2.24) is 5.32 Å². The van der Waals surface area contributed by atoms with E-state index in [1.165, 1.54) is 23.9 Å². The molecule has 140 valence electrons. The molecule has 1 heterocycles. The van der Waals surface area contributed by atoms with Gasteiger partial charge in [-0.15, -0.1) is 0 Å². The highest BCUT2D eigenvalue weighted by Gasteiger charge is 2.24. The normalized spacial score (nSPS) is 16.7. The fourth-order valence-corrected chi connectivity index (χ4v) is 3.61. The maximum Gasteiger partial charge on any atom is 0.264 e. The number of amides is 1. The van der Waals surface area contributed by atoms with Crippen LogP contribution >= 0.6 is 27.7 Å². The number of methoxy groups -OCH3 is 1. The summed E-state index contributed by atoms with van der Waals surface area (Å²) in [5.74, 6) is 0.616. The molecule has 5 nitrogen and oxygen atoms in total. The number of benzene rings is 2. The van der Waals surface area contributed by atoms with E-state index in [9.17, 15) is 9.18 Å². The van der Waals surface area contributed by atoms with E-state index in [1.54, 1.807) is 31.4 Å². The minimum Gasteiger partial charge on any atom is -0.493 e. The van der Waals surface area contributed by atoms with Gasteiger partial charge in [0, 0.05) is 4.47 Å². The molecule has 0 bridgehead atoms. The van der Waals surface area contributed by atoms with Crippen molar-refractivity contribution in [3.63, 3.8) is 0 Å². The molecule has 2 aromatic rings. The van der Waals surface area contributed by atoms with Crippen molar-refractivity contribution in [2.45, 2.75) is 6.92 Å². The fraction of sp³-hybridized carbons (Fsp3) is 0.158. The number of nitrogens with zero attached hydrogens (tertiary/aromatic N) is 1. The van der Waals surface area contributed by atoms with Crippen LogP contribution in [0.3, 0.4) is 0 Å². The van der Waals surface area contributed by atoms with Gasteiger partial charge in [-0.05, 0) is 66.7 Å². The number of amidine groups is 1. The van der Waals surface area contributed by atoms with Crippen LogP contribution in [0, 0.1) is 5.82 Å². The van der Waals surface area contributed by atoms with E-state index >= 15 is 0 Å². The smallest absolute Gasteiger partial charge is 0.264 e. The topological polar surface area (TPSA) is 59.9 Å². The molecular weight excluding hydrogens is 435 g/mol. The highest BCUT2D eigenvalue weighted by Crippen LogP contribution is 2.36. The number of hydrogen-bond donors (Lipinski definition) is 1. The molecule has 1 amide bonds. The Labute approximate surface area is 168 Å². The summed E-state index contributed by atoms with van der Waals surface area (Å²) in [7, 11) is 1.57. The summed E-state index contributed by atoms with van der Waals surface area (Å²) >= 11 is 4.70. The fourth-order valence-electron chi connectivity index (χ4n) is 2.34. The van der Waals surface area contributed by atoms with Gasteiger partial charge in [-0.25, -0.2) is 9.38 Å². The van der Waals surface area contributed by atoms with Crippen LogP contribution in [0.4, 0.5) is 10.1 Å². The van der Waals surface area contributed by atoms with Crippen LogP contribution < -0.4 is 14.8 Å². The maximum absolute atomic E-state index is 13.0. The average Bonchev–Trinajstić information content (AvgIpc) is 2.99. The first-order valence-corrected chi connectivity index (χ1v) is 9.66. The van der Waals surface area contributed by atoms with Crippen LogP contribution in [0.1, 0.15) is 12.5 Å². The van der Waals surface area contributed by atoms with Gasteiger partial charge in [-0.3, -0.25) is 4.79 Å². The van der Waals surface area contributed by atoms with E-state index in [4.69, 9.17) is 9.47 Å². The van der Waals surface area contributed by atoms with Gasteiger partial charge in [0.1, 0.15) is 5.82 Å². The first kappa shape index (κ1) is 19.4. The van der Waals surface area contributed by atoms with Gasteiger partial charge in [-0.2, -0.15) is 0 Å². The number of rotatable bonds is 5. The quantitative estimate of drug-likeness (QED) is 0.658. The molecule has 0 atom stereocenters. The first-order valence-electron chi connectivity index (χ1n) is 8.05. The Bertz CT molecular complexity index is 929. The molecule has 1 aliphatic rings. The van der Waals surface area contributed by atoms with Crippen molar-refractivity contribution in [3.05, 3.63) is 57.2 Å². The zero-order chi connectivity index (χ0) is 19.4. The predicted octanol–water partition coefficient (Wildman–Crippen LogP) is 4.89. The van der Waals surface area contributed by atoms with E-state index in [2.05, 4.69) is 26.2 Å². The molecule has 0 spiro atoms. The van der Waals surface area contributed by atoms with Crippen LogP contribution in [0.5, 0.6) is 11.5 Å². The number of halogens is 2. The zero-order valence-electron chi connectivity index (χ0n) is 14.6. The van der Waals surface area contributed by atoms with Gasteiger partial charge >= 0.3 is 0 Å². The van der Waals surface area contributed by atoms with Gasteiger partial charge in [0.25, 0.3) is 5.91 Å². The summed E-state index contributed by atoms with van der Waals surface area (Å²) in [6, 6.07) is 9.34. The molecule has 1 aliphatic heterocycles. The molecule has 0 aliphatic carbocycles. The van der Waals surface area contributed by atoms with Crippen LogP contribution in [0.25, 0.3) is 6.08 Å². The molecule has 0 saturated carbocycles. The molecule has 1 fully saturated rings. The van der Waals surface area contributed by atoms with Crippen molar-refractivity contribution in [2.75, 3.05) is 13.7 Å². The van der Waals surface area contributed by atoms with Crippen molar-refractivity contribution in [2.24, 2.45) is 4.99 Å². The molecule has 3 rings (SSSR count). The summed E-state index contributed by atoms with van der Waals surface area (Å²) < 4.78 is 24.7. The molecule has 0 unspecified atom stereocenters. The van der Waals surface area contributed by atoms with Gasteiger partial charge in [-0.1, -0.05) is 15.9 Å². The first-order chi connectivity index (χ1) is 13.0. The van der Waals surface area contributed by atoms with Gasteiger partial charge in [0.2, 0.25) is 0 Å². The number of nitrogens with one attached hydrogen (secondary N) is 1. The Hall–Kier alpha value is -2.32. The molecule has 27 heavy (non-hydrogen) atoms. The van der Waals surface area contributed by atoms with Crippen LogP contribution in [0.15, 0.2) is 50.8 Å². The lowest BCUT2D eigenvalue weighted by atomic mass is 10.2. The van der Waals surface area contributed by atoms with Crippen LogP contribution in [-0.2, 0) is 4.79 Å². The van der Waals surface area contributed by atoms with Crippen molar-refractivity contribution in [1.29, 1.82) is 0 Å². The van der Waals surface area contributed by atoms with E-state index in [-0.39, 0.29) is 11.7 Å². The second kappa shape index (κ2) is 8.58. The largest absolute Gasteiger partial charge is 0.493 e. The minimum atomic E-state index is -0.336. The third-order valence-corrected chi connectivity index (χ3v) is 5.17. The Morgan fingerprint density at radius 3 is 2.67 bits per heavy atom. The molecule has 2 aromatic carbocycles. The average molecular weight is 451 g/mol. The standard InChI is InChI=1S/C19H16BrFN2O3S/c1-3-26-16-8-11(14(20)10-15(16)25-2)9-17-18(24)23-19(27-17)22-13-6-4-12(21)5-7-13/h4-10H,3H2,1-2H3,(H,22,23,24)/b17-9+. The second-order valence-electron chi connectivity index (χ2n) is 5.42. The molecular formula is C19H16BrFN2O3S. The number of carbonyl (C=O) groups is 1. The van der Waals surface area contributed by atoms with E-state index in [1.807, 2.05) is 13.0 Å². The molecule has 8 heteroatoms. The van der Waals surface area contributed by atoms with E-state index in [0.29, 0.717) is 33.9 Å².